The van der Waals surface area contributed by atoms with Gasteiger partial charge in [0.25, 0.3) is 9.05 Å². The van der Waals surface area contributed by atoms with E-state index in [-0.39, 0.29) is 4.90 Å². The molecule has 78 valence electrons. The molecule has 0 saturated carbocycles. The Hall–Kier alpha value is -1.20. The second kappa shape index (κ2) is 3.43. The van der Waals surface area contributed by atoms with Crippen LogP contribution in [0.25, 0.3) is 11.0 Å². The second-order valence-electron chi connectivity index (χ2n) is 3.12. The number of aryl methyl sites for hydroxylation is 1. The van der Waals surface area contributed by atoms with Gasteiger partial charge in [-0.3, -0.25) is 9.97 Å². The van der Waals surface area contributed by atoms with E-state index in [1.54, 1.807) is 13.0 Å². The molecular formula is C9H7ClN2O2S. The molecule has 2 aromatic rings. The second-order valence-corrected chi connectivity index (χ2v) is 5.66. The van der Waals surface area contributed by atoms with Crippen LogP contribution in [0.5, 0.6) is 0 Å². The number of aromatic nitrogens is 2. The zero-order valence-corrected chi connectivity index (χ0v) is 9.38. The Balaban J connectivity index is 2.96. The van der Waals surface area contributed by atoms with Crippen molar-refractivity contribution in [1.82, 2.24) is 9.97 Å². The number of hydrogen-bond donors (Lipinski definition) is 0. The summed E-state index contributed by atoms with van der Waals surface area (Å²) in [7, 11) is 1.53. The van der Waals surface area contributed by atoms with Gasteiger partial charge in [-0.25, -0.2) is 8.42 Å². The van der Waals surface area contributed by atoms with E-state index in [2.05, 4.69) is 9.97 Å². The van der Waals surface area contributed by atoms with Crippen LogP contribution in [-0.4, -0.2) is 18.4 Å². The smallest absolute Gasteiger partial charge is 0.253 e. The number of benzene rings is 1. The summed E-state index contributed by atoms with van der Waals surface area (Å²) in [4.78, 5) is 8.00. The molecule has 0 aliphatic carbocycles. The predicted octanol–water partition coefficient (Wildman–Crippen LogP) is 1.87. The third-order valence-corrected chi connectivity index (χ3v) is 3.28. The molecule has 0 amide bonds. The number of halogens is 1. The van der Waals surface area contributed by atoms with Gasteiger partial charge in [0, 0.05) is 23.1 Å². The summed E-state index contributed by atoms with van der Waals surface area (Å²) >= 11 is 0. The number of hydrogen-bond acceptors (Lipinski definition) is 4. The fourth-order valence-corrected chi connectivity index (χ4v) is 2.43. The van der Waals surface area contributed by atoms with Gasteiger partial charge >= 0.3 is 0 Å². The van der Waals surface area contributed by atoms with Gasteiger partial charge in [-0.1, -0.05) is 0 Å². The zero-order valence-electron chi connectivity index (χ0n) is 7.81. The minimum Gasteiger partial charge on any atom is -0.253 e. The Labute approximate surface area is 91.3 Å². The van der Waals surface area contributed by atoms with Crippen molar-refractivity contribution in [2.45, 2.75) is 11.8 Å². The van der Waals surface area contributed by atoms with Gasteiger partial charge in [0.05, 0.1) is 5.52 Å². The van der Waals surface area contributed by atoms with Crippen molar-refractivity contribution in [2.24, 2.45) is 0 Å². The Morgan fingerprint density at radius 2 is 1.87 bits per heavy atom. The van der Waals surface area contributed by atoms with E-state index >= 15 is 0 Å². The van der Waals surface area contributed by atoms with E-state index in [1.807, 2.05) is 0 Å². The standard InChI is InChI=1S/C9H7ClN2O2S/c1-6-4-7-9(12-3-2-11-7)8(5-6)15(10,13)14/h2-5H,1H3. The molecule has 0 fully saturated rings. The van der Waals surface area contributed by atoms with Crippen LogP contribution < -0.4 is 0 Å². The molecule has 0 radical (unpaired) electrons. The van der Waals surface area contributed by atoms with Crippen molar-refractivity contribution in [3.63, 3.8) is 0 Å². The Kier molecular flexibility index (Phi) is 2.36. The van der Waals surface area contributed by atoms with E-state index in [9.17, 15) is 8.42 Å². The molecule has 1 aromatic heterocycles. The van der Waals surface area contributed by atoms with Crippen LogP contribution in [0.15, 0.2) is 29.4 Å². The Bertz CT molecular complexity index is 625. The average Bonchev–Trinajstić information content (AvgIpc) is 2.15. The lowest BCUT2D eigenvalue weighted by molar-refractivity contribution is 0.610. The zero-order chi connectivity index (χ0) is 11.1. The molecule has 0 unspecified atom stereocenters. The van der Waals surface area contributed by atoms with Crippen molar-refractivity contribution in [3.8, 4) is 0 Å². The van der Waals surface area contributed by atoms with Crippen LogP contribution in [0.1, 0.15) is 5.56 Å². The normalized spacial score (nSPS) is 11.9. The van der Waals surface area contributed by atoms with Gasteiger partial charge in [0.2, 0.25) is 0 Å². The van der Waals surface area contributed by atoms with Crippen LogP contribution in [0.4, 0.5) is 0 Å². The monoisotopic (exact) mass is 242 g/mol. The lowest BCUT2D eigenvalue weighted by Crippen LogP contribution is -1.96. The molecule has 15 heavy (non-hydrogen) atoms. The number of rotatable bonds is 1. The van der Waals surface area contributed by atoms with Gasteiger partial charge in [-0.15, -0.1) is 0 Å². The molecule has 1 aromatic carbocycles. The maximum absolute atomic E-state index is 11.3. The maximum atomic E-state index is 11.3. The summed E-state index contributed by atoms with van der Waals surface area (Å²) in [6.45, 7) is 1.78. The lowest BCUT2D eigenvalue weighted by atomic mass is 10.2. The van der Waals surface area contributed by atoms with Gasteiger partial charge in [-0.2, -0.15) is 0 Å². The molecule has 6 heteroatoms. The minimum atomic E-state index is -3.78. The summed E-state index contributed by atoms with van der Waals surface area (Å²) in [6, 6.07) is 3.24. The van der Waals surface area contributed by atoms with Crippen molar-refractivity contribution < 1.29 is 8.42 Å². The molecule has 4 nitrogen and oxygen atoms in total. The minimum absolute atomic E-state index is 0.00673. The molecular weight excluding hydrogens is 236 g/mol. The average molecular weight is 243 g/mol. The third kappa shape index (κ3) is 1.93. The van der Waals surface area contributed by atoms with Crippen molar-refractivity contribution in [3.05, 3.63) is 30.1 Å². The molecule has 0 spiro atoms. The first-order valence-corrected chi connectivity index (χ1v) is 6.45. The van der Waals surface area contributed by atoms with E-state index in [1.165, 1.54) is 18.5 Å². The van der Waals surface area contributed by atoms with Gasteiger partial charge in [0.1, 0.15) is 10.4 Å². The van der Waals surface area contributed by atoms with Gasteiger partial charge in [0.15, 0.2) is 0 Å². The molecule has 0 saturated heterocycles. The number of nitrogens with zero attached hydrogens (tertiary/aromatic N) is 2. The summed E-state index contributed by atoms with van der Waals surface area (Å²) < 4.78 is 22.6. The molecule has 0 bridgehead atoms. The first kappa shape index (κ1) is 10.3. The van der Waals surface area contributed by atoms with Gasteiger partial charge < -0.3 is 0 Å². The van der Waals surface area contributed by atoms with Crippen molar-refractivity contribution >= 4 is 30.8 Å². The molecule has 0 N–H and O–H groups in total. The van der Waals surface area contributed by atoms with Crippen LogP contribution in [0.3, 0.4) is 0 Å². The number of fused-ring (bicyclic) bond motifs is 1. The fourth-order valence-electron chi connectivity index (χ4n) is 1.36. The highest BCUT2D eigenvalue weighted by molar-refractivity contribution is 8.14. The highest BCUT2D eigenvalue weighted by Gasteiger charge is 2.16. The quantitative estimate of drug-likeness (QED) is 0.717. The van der Waals surface area contributed by atoms with Crippen LogP contribution in [0, 0.1) is 6.92 Å². The molecule has 0 aliphatic heterocycles. The van der Waals surface area contributed by atoms with Gasteiger partial charge in [-0.05, 0) is 24.6 Å². The summed E-state index contributed by atoms with van der Waals surface area (Å²) in [5, 5.41) is 0. The van der Waals surface area contributed by atoms with Crippen LogP contribution in [-0.2, 0) is 9.05 Å². The Morgan fingerprint density at radius 1 is 1.20 bits per heavy atom. The summed E-state index contributed by atoms with van der Waals surface area (Å²) in [5.74, 6) is 0. The highest BCUT2D eigenvalue weighted by Crippen LogP contribution is 2.24. The first-order valence-electron chi connectivity index (χ1n) is 4.14. The van der Waals surface area contributed by atoms with E-state index in [0.29, 0.717) is 11.0 Å². The van der Waals surface area contributed by atoms with Crippen LogP contribution >= 0.6 is 10.7 Å². The highest BCUT2D eigenvalue weighted by atomic mass is 35.7. The van der Waals surface area contributed by atoms with Crippen molar-refractivity contribution in [1.29, 1.82) is 0 Å². The van der Waals surface area contributed by atoms with E-state index in [4.69, 9.17) is 10.7 Å². The lowest BCUT2D eigenvalue weighted by Gasteiger charge is -2.02. The van der Waals surface area contributed by atoms with E-state index < -0.39 is 9.05 Å². The molecule has 2 rings (SSSR count). The predicted molar refractivity (Wildman–Crippen MR) is 57.3 cm³/mol. The molecule has 1 heterocycles. The van der Waals surface area contributed by atoms with Crippen molar-refractivity contribution in [2.75, 3.05) is 0 Å². The molecule has 0 aliphatic rings. The summed E-state index contributed by atoms with van der Waals surface area (Å²) in [6.07, 6.45) is 2.94. The first-order chi connectivity index (χ1) is 6.98. The largest absolute Gasteiger partial charge is 0.263 e. The SMILES string of the molecule is Cc1cc(S(=O)(=O)Cl)c2nccnc2c1. The Morgan fingerprint density at radius 3 is 2.53 bits per heavy atom. The van der Waals surface area contributed by atoms with E-state index in [0.717, 1.165) is 5.56 Å². The summed E-state index contributed by atoms with van der Waals surface area (Å²) in [5.41, 5.74) is 1.61. The van der Waals surface area contributed by atoms with Crippen LogP contribution in [0.2, 0.25) is 0 Å². The maximum Gasteiger partial charge on any atom is 0.263 e. The third-order valence-electron chi connectivity index (χ3n) is 1.95. The molecule has 0 atom stereocenters. The fraction of sp³-hybridized carbons (Fsp3) is 0.111. The topological polar surface area (TPSA) is 59.9 Å².